The Labute approximate surface area is 104 Å². The summed E-state index contributed by atoms with van der Waals surface area (Å²) in [7, 11) is 1.80. The number of ether oxygens (including phenoxy) is 1. The lowest BCUT2D eigenvalue weighted by atomic mass is 9.79. The van der Waals surface area contributed by atoms with Gasteiger partial charge in [-0.25, -0.2) is 0 Å². The van der Waals surface area contributed by atoms with Gasteiger partial charge in [0.25, 0.3) is 0 Å². The maximum Gasteiger partial charge on any atom is 0.248 e. The maximum absolute atomic E-state index is 11.7. The van der Waals surface area contributed by atoms with Crippen LogP contribution in [0.1, 0.15) is 39.5 Å². The van der Waals surface area contributed by atoms with Gasteiger partial charge in [0.1, 0.15) is 6.61 Å². The quantitative estimate of drug-likeness (QED) is 0.792. The van der Waals surface area contributed by atoms with E-state index in [1.54, 1.807) is 11.9 Å². The van der Waals surface area contributed by atoms with Crippen molar-refractivity contribution >= 4 is 5.91 Å². The molecule has 0 aromatic rings. The van der Waals surface area contributed by atoms with Crippen LogP contribution in [0.4, 0.5) is 0 Å². The van der Waals surface area contributed by atoms with Gasteiger partial charge >= 0.3 is 0 Å². The van der Waals surface area contributed by atoms with Crippen LogP contribution in [0.3, 0.4) is 0 Å². The molecule has 1 saturated carbocycles. The summed E-state index contributed by atoms with van der Waals surface area (Å²) in [6.45, 7) is 5.61. The molecule has 0 unspecified atom stereocenters. The van der Waals surface area contributed by atoms with Crippen LogP contribution in [0.2, 0.25) is 0 Å². The largest absolute Gasteiger partial charge is 0.364 e. The van der Waals surface area contributed by atoms with Crippen molar-refractivity contribution in [3.05, 3.63) is 0 Å². The van der Waals surface area contributed by atoms with Crippen molar-refractivity contribution in [2.24, 2.45) is 11.7 Å². The van der Waals surface area contributed by atoms with Gasteiger partial charge in [-0.3, -0.25) is 4.79 Å². The predicted octanol–water partition coefficient (Wildman–Crippen LogP) is 1.39. The zero-order valence-electron chi connectivity index (χ0n) is 11.4. The van der Waals surface area contributed by atoms with Crippen molar-refractivity contribution in [3.63, 3.8) is 0 Å². The van der Waals surface area contributed by atoms with Gasteiger partial charge in [-0.2, -0.15) is 0 Å². The molecule has 1 fully saturated rings. The highest BCUT2D eigenvalue weighted by Gasteiger charge is 2.34. The van der Waals surface area contributed by atoms with Crippen LogP contribution in [0.25, 0.3) is 0 Å². The number of hydrogen-bond acceptors (Lipinski definition) is 3. The van der Waals surface area contributed by atoms with Crippen molar-refractivity contribution in [3.8, 4) is 0 Å². The fourth-order valence-corrected chi connectivity index (χ4v) is 2.20. The van der Waals surface area contributed by atoms with Gasteiger partial charge < -0.3 is 15.4 Å². The minimum atomic E-state index is -0.253. The molecule has 1 rings (SSSR count). The molecule has 0 heterocycles. The Morgan fingerprint density at radius 3 is 2.53 bits per heavy atom. The molecule has 0 atom stereocenters. The molecule has 2 N–H and O–H groups in total. The molecule has 0 spiro atoms. The Morgan fingerprint density at radius 2 is 2.06 bits per heavy atom. The number of hydrogen-bond donors (Lipinski definition) is 1. The summed E-state index contributed by atoms with van der Waals surface area (Å²) in [6, 6.07) is 0. The molecule has 1 aliphatic rings. The van der Waals surface area contributed by atoms with Crippen LogP contribution in [0.15, 0.2) is 0 Å². The molecule has 0 radical (unpaired) electrons. The van der Waals surface area contributed by atoms with E-state index >= 15 is 0 Å². The summed E-state index contributed by atoms with van der Waals surface area (Å²) < 4.78 is 5.84. The fourth-order valence-electron chi connectivity index (χ4n) is 2.20. The van der Waals surface area contributed by atoms with E-state index in [0.29, 0.717) is 6.54 Å². The van der Waals surface area contributed by atoms with Crippen molar-refractivity contribution in [2.45, 2.75) is 45.1 Å². The first-order valence-electron chi connectivity index (χ1n) is 6.61. The zero-order valence-corrected chi connectivity index (χ0v) is 11.4. The van der Waals surface area contributed by atoms with E-state index in [1.807, 2.05) is 6.92 Å². The molecular formula is C13H26N2O2. The van der Waals surface area contributed by atoms with Crippen LogP contribution in [-0.4, -0.2) is 43.2 Å². The lowest BCUT2D eigenvalue weighted by Gasteiger charge is -2.38. The Morgan fingerprint density at radius 1 is 1.47 bits per heavy atom. The summed E-state index contributed by atoms with van der Waals surface area (Å²) >= 11 is 0. The molecule has 0 aromatic carbocycles. The molecule has 4 heteroatoms. The number of nitrogens with two attached hydrogens (primary N) is 1. The van der Waals surface area contributed by atoms with Gasteiger partial charge in [0.15, 0.2) is 0 Å². The highest BCUT2D eigenvalue weighted by molar-refractivity contribution is 5.77. The molecule has 4 nitrogen and oxygen atoms in total. The zero-order chi connectivity index (χ0) is 12.9. The summed E-state index contributed by atoms with van der Waals surface area (Å²) in [5, 5.41) is 0. The summed E-state index contributed by atoms with van der Waals surface area (Å²) in [5.74, 6) is 0.797. The van der Waals surface area contributed by atoms with Crippen molar-refractivity contribution in [1.82, 2.24) is 4.90 Å². The Balaban J connectivity index is 2.44. The molecule has 0 saturated heterocycles. The summed E-state index contributed by atoms with van der Waals surface area (Å²) in [4.78, 5) is 13.4. The van der Waals surface area contributed by atoms with Crippen LogP contribution >= 0.6 is 0 Å². The normalized spacial score (nSPS) is 29.1. The molecule has 17 heavy (non-hydrogen) atoms. The molecular weight excluding hydrogens is 216 g/mol. The molecule has 100 valence electrons. The first-order valence-corrected chi connectivity index (χ1v) is 6.61. The number of nitrogens with zero attached hydrogens (tertiary/aromatic N) is 1. The number of rotatable bonds is 5. The van der Waals surface area contributed by atoms with E-state index in [1.165, 1.54) is 0 Å². The van der Waals surface area contributed by atoms with Crippen LogP contribution in [0.5, 0.6) is 0 Å². The van der Waals surface area contributed by atoms with Gasteiger partial charge in [-0.15, -0.1) is 0 Å². The van der Waals surface area contributed by atoms with Crippen LogP contribution in [-0.2, 0) is 9.53 Å². The molecule has 1 amide bonds. The summed E-state index contributed by atoms with van der Waals surface area (Å²) in [5.41, 5.74) is 5.58. The second kappa shape index (κ2) is 6.36. The van der Waals surface area contributed by atoms with Gasteiger partial charge in [-0.05, 0) is 38.5 Å². The predicted molar refractivity (Wildman–Crippen MR) is 68.7 cm³/mol. The Hall–Kier alpha value is -0.610. The number of carbonyl (C=O) groups is 1. The first-order chi connectivity index (χ1) is 8.03. The standard InChI is InChI=1S/C13H26N2O2/c1-4-15(3)12(16)9-17-13(10-14)7-5-11(2)6-8-13/h11H,4-10,14H2,1-3H3. The molecule has 0 aliphatic heterocycles. The minimum Gasteiger partial charge on any atom is -0.364 e. The number of likely N-dealkylation sites (N-methyl/N-ethyl adjacent to an activating group) is 1. The van der Waals surface area contributed by atoms with Gasteiger partial charge in [-0.1, -0.05) is 6.92 Å². The monoisotopic (exact) mass is 242 g/mol. The number of carbonyl (C=O) groups excluding carboxylic acids is 1. The second-order valence-corrected chi connectivity index (χ2v) is 5.27. The van der Waals surface area contributed by atoms with E-state index in [-0.39, 0.29) is 18.1 Å². The van der Waals surface area contributed by atoms with Crippen LogP contribution < -0.4 is 5.73 Å². The average molecular weight is 242 g/mol. The smallest absolute Gasteiger partial charge is 0.248 e. The third-order valence-electron chi connectivity index (χ3n) is 3.96. The third kappa shape index (κ3) is 3.96. The first kappa shape index (κ1) is 14.5. The Kier molecular flexibility index (Phi) is 5.40. The van der Waals surface area contributed by atoms with E-state index in [4.69, 9.17) is 10.5 Å². The maximum atomic E-state index is 11.7. The lowest BCUT2D eigenvalue weighted by molar-refractivity contribution is -0.144. The fraction of sp³-hybridized carbons (Fsp3) is 0.923. The van der Waals surface area contributed by atoms with Gasteiger partial charge in [0, 0.05) is 20.1 Å². The van der Waals surface area contributed by atoms with E-state index in [0.717, 1.165) is 38.1 Å². The summed E-state index contributed by atoms with van der Waals surface area (Å²) in [6.07, 6.45) is 4.26. The molecule has 1 aliphatic carbocycles. The van der Waals surface area contributed by atoms with Crippen molar-refractivity contribution in [1.29, 1.82) is 0 Å². The lowest BCUT2D eigenvalue weighted by Crippen LogP contribution is -2.46. The highest BCUT2D eigenvalue weighted by atomic mass is 16.5. The average Bonchev–Trinajstić information content (AvgIpc) is 2.37. The highest BCUT2D eigenvalue weighted by Crippen LogP contribution is 2.33. The van der Waals surface area contributed by atoms with E-state index in [2.05, 4.69) is 6.92 Å². The minimum absolute atomic E-state index is 0.0407. The van der Waals surface area contributed by atoms with E-state index < -0.39 is 0 Å². The third-order valence-corrected chi connectivity index (χ3v) is 3.96. The molecule has 0 aromatic heterocycles. The van der Waals surface area contributed by atoms with Gasteiger partial charge in [0.05, 0.1) is 5.60 Å². The van der Waals surface area contributed by atoms with Crippen molar-refractivity contribution in [2.75, 3.05) is 26.7 Å². The SMILES string of the molecule is CCN(C)C(=O)COC1(CN)CCC(C)CC1. The number of amides is 1. The van der Waals surface area contributed by atoms with Crippen molar-refractivity contribution < 1.29 is 9.53 Å². The second-order valence-electron chi connectivity index (χ2n) is 5.27. The molecule has 0 bridgehead atoms. The van der Waals surface area contributed by atoms with Gasteiger partial charge in [0.2, 0.25) is 5.91 Å². The van der Waals surface area contributed by atoms with Crippen LogP contribution in [0, 0.1) is 5.92 Å². The van der Waals surface area contributed by atoms with E-state index in [9.17, 15) is 4.79 Å². The topological polar surface area (TPSA) is 55.6 Å². The Bertz CT molecular complexity index is 248.